The van der Waals surface area contributed by atoms with Gasteiger partial charge in [-0.25, -0.2) is 8.42 Å². The van der Waals surface area contributed by atoms with Crippen molar-refractivity contribution < 1.29 is 18.0 Å². The summed E-state index contributed by atoms with van der Waals surface area (Å²) in [6.45, 7) is 2.23. The molecule has 0 aliphatic heterocycles. The monoisotopic (exact) mass is 477 g/mol. The molecule has 0 aliphatic rings. The fourth-order valence-corrected chi connectivity index (χ4v) is 4.67. The van der Waals surface area contributed by atoms with E-state index in [9.17, 15) is 18.0 Å². The number of nitrogens with one attached hydrogen (secondary N) is 1. The van der Waals surface area contributed by atoms with Gasteiger partial charge in [0.15, 0.2) is 0 Å². The Labute approximate surface area is 195 Å². The maximum atomic E-state index is 12.3. The van der Waals surface area contributed by atoms with Crippen LogP contribution in [-0.4, -0.2) is 64.3 Å². The first-order valence-corrected chi connectivity index (χ1v) is 13.3. The molecule has 0 aromatic heterocycles. The Balaban J connectivity index is 1.82. The molecule has 2 aromatic rings. The summed E-state index contributed by atoms with van der Waals surface area (Å²) in [5.74, 6) is 1.26. The van der Waals surface area contributed by atoms with Crippen LogP contribution in [0.5, 0.6) is 0 Å². The van der Waals surface area contributed by atoms with Gasteiger partial charge >= 0.3 is 0 Å². The van der Waals surface area contributed by atoms with Crippen LogP contribution in [0.4, 0.5) is 5.69 Å². The Kier molecular flexibility index (Phi) is 9.59. The Morgan fingerprint density at radius 2 is 1.62 bits per heavy atom. The molecule has 0 radical (unpaired) electrons. The summed E-state index contributed by atoms with van der Waals surface area (Å²) in [6.07, 6.45) is 1.85. The van der Waals surface area contributed by atoms with E-state index in [1.165, 1.54) is 28.2 Å². The highest BCUT2D eigenvalue weighted by Gasteiger charge is 2.21. The smallest absolute Gasteiger partial charge is 0.253 e. The van der Waals surface area contributed by atoms with E-state index in [1.54, 1.807) is 38.0 Å². The first-order valence-electron chi connectivity index (χ1n) is 10.3. The molecule has 0 saturated carbocycles. The fraction of sp³-hybridized carbons (Fsp3) is 0.391. The van der Waals surface area contributed by atoms with Crippen LogP contribution in [0, 0.1) is 6.92 Å². The number of benzene rings is 2. The van der Waals surface area contributed by atoms with Crippen molar-refractivity contribution in [3.63, 3.8) is 0 Å². The molecule has 0 fully saturated rings. The summed E-state index contributed by atoms with van der Waals surface area (Å²) in [7, 11) is -0.376. The van der Waals surface area contributed by atoms with Crippen LogP contribution >= 0.6 is 11.8 Å². The van der Waals surface area contributed by atoms with Crippen molar-refractivity contribution in [1.29, 1.82) is 0 Å². The Morgan fingerprint density at radius 1 is 1.00 bits per heavy atom. The topological polar surface area (TPSA) is 86.8 Å². The van der Waals surface area contributed by atoms with Crippen molar-refractivity contribution in [3.8, 4) is 0 Å². The third-order valence-corrected chi connectivity index (χ3v) is 6.93. The van der Waals surface area contributed by atoms with E-state index in [0.717, 1.165) is 28.5 Å². The number of rotatable bonds is 11. The van der Waals surface area contributed by atoms with E-state index in [4.69, 9.17) is 0 Å². The Bertz CT molecular complexity index is 1000. The predicted molar refractivity (Wildman–Crippen MR) is 132 cm³/mol. The van der Waals surface area contributed by atoms with Gasteiger partial charge in [0, 0.05) is 32.0 Å². The van der Waals surface area contributed by atoms with Gasteiger partial charge < -0.3 is 10.2 Å². The van der Waals surface area contributed by atoms with Crippen LogP contribution in [0.2, 0.25) is 0 Å². The number of hydrogen-bond acceptors (Lipinski definition) is 5. The zero-order valence-electron chi connectivity index (χ0n) is 19.0. The van der Waals surface area contributed by atoms with E-state index in [2.05, 4.69) is 36.5 Å². The summed E-state index contributed by atoms with van der Waals surface area (Å²) in [5.41, 5.74) is 3.29. The van der Waals surface area contributed by atoms with Gasteiger partial charge in [0.2, 0.25) is 15.9 Å². The van der Waals surface area contributed by atoms with Gasteiger partial charge in [0.1, 0.15) is 6.54 Å². The first kappa shape index (κ1) is 25.7. The van der Waals surface area contributed by atoms with Crippen LogP contribution in [0.25, 0.3) is 0 Å². The van der Waals surface area contributed by atoms with Gasteiger partial charge in [0.05, 0.1) is 11.9 Å². The quantitative estimate of drug-likeness (QED) is 0.503. The molecule has 0 unspecified atom stereocenters. The maximum Gasteiger partial charge on any atom is 0.253 e. The second kappa shape index (κ2) is 11.9. The van der Waals surface area contributed by atoms with Crippen molar-refractivity contribution in [1.82, 2.24) is 10.2 Å². The highest BCUT2D eigenvalue weighted by molar-refractivity contribution is 7.98. The van der Waals surface area contributed by atoms with E-state index in [0.29, 0.717) is 17.8 Å². The molecule has 0 saturated heterocycles. The average molecular weight is 478 g/mol. The average Bonchev–Trinajstić information content (AvgIpc) is 2.74. The molecule has 1 N–H and O–H groups in total. The fourth-order valence-electron chi connectivity index (χ4n) is 2.89. The molecular weight excluding hydrogens is 446 g/mol. The summed E-state index contributed by atoms with van der Waals surface area (Å²) in [4.78, 5) is 25.8. The lowest BCUT2D eigenvalue weighted by Gasteiger charge is -2.22. The largest absolute Gasteiger partial charge is 0.354 e. The lowest BCUT2D eigenvalue weighted by molar-refractivity contribution is -0.119. The van der Waals surface area contributed by atoms with E-state index in [-0.39, 0.29) is 18.4 Å². The Hall–Kier alpha value is -2.52. The highest BCUT2D eigenvalue weighted by Crippen LogP contribution is 2.19. The molecule has 0 bridgehead atoms. The van der Waals surface area contributed by atoms with Gasteiger partial charge in [0.25, 0.3) is 5.91 Å². The molecule has 32 heavy (non-hydrogen) atoms. The predicted octanol–water partition coefficient (Wildman–Crippen LogP) is 2.90. The third-order valence-electron chi connectivity index (χ3n) is 4.67. The molecule has 0 atom stereocenters. The van der Waals surface area contributed by atoms with Crippen LogP contribution in [0.1, 0.15) is 27.9 Å². The van der Waals surface area contributed by atoms with Crippen LogP contribution < -0.4 is 9.62 Å². The molecule has 0 heterocycles. The van der Waals surface area contributed by atoms with Gasteiger partial charge in [-0.15, -0.1) is 0 Å². The molecule has 174 valence electrons. The number of carbonyl (C=O) groups is 2. The zero-order chi connectivity index (χ0) is 23.7. The minimum atomic E-state index is -3.66. The second-order valence-electron chi connectivity index (χ2n) is 7.76. The molecule has 7 nitrogen and oxygen atoms in total. The SMILES string of the molecule is Cc1ccc(CSCCCNC(=O)CN(c2ccc(C(=O)N(C)C)cc2)S(C)(=O)=O)cc1. The number of sulfonamides is 1. The minimum absolute atomic E-state index is 0.180. The normalized spacial score (nSPS) is 11.1. The van der Waals surface area contributed by atoms with Crippen LogP contribution in [-0.2, 0) is 20.6 Å². The van der Waals surface area contributed by atoms with Crippen molar-refractivity contribution in [3.05, 3.63) is 65.2 Å². The lowest BCUT2D eigenvalue weighted by atomic mass is 10.2. The second-order valence-corrected chi connectivity index (χ2v) is 10.8. The third kappa shape index (κ3) is 8.20. The number of nitrogens with zero attached hydrogens (tertiary/aromatic N) is 2. The molecule has 2 amide bonds. The van der Waals surface area contributed by atoms with Crippen molar-refractivity contribution >= 4 is 39.3 Å². The number of thioether (sulfide) groups is 1. The molecule has 9 heteroatoms. The van der Waals surface area contributed by atoms with Crippen LogP contribution in [0.15, 0.2) is 48.5 Å². The van der Waals surface area contributed by atoms with Gasteiger partial charge in [-0.05, 0) is 48.9 Å². The summed E-state index contributed by atoms with van der Waals surface area (Å²) < 4.78 is 25.5. The minimum Gasteiger partial charge on any atom is -0.354 e. The van der Waals surface area contributed by atoms with E-state index < -0.39 is 10.0 Å². The summed E-state index contributed by atoms with van der Waals surface area (Å²) >= 11 is 1.80. The standard InChI is InChI=1S/C23H31N3O4S2/c1-18-6-8-19(9-7-18)17-31-15-5-14-24-22(27)16-26(32(4,29)30)21-12-10-20(11-13-21)23(28)25(2)3/h6-13H,5,14-17H2,1-4H3,(H,24,27). The van der Waals surface area contributed by atoms with Crippen molar-refractivity contribution in [2.75, 3.05) is 43.5 Å². The molecular formula is C23H31N3O4S2. The lowest BCUT2D eigenvalue weighted by Crippen LogP contribution is -2.40. The van der Waals surface area contributed by atoms with Crippen molar-refractivity contribution in [2.45, 2.75) is 19.1 Å². The summed E-state index contributed by atoms with van der Waals surface area (Å²) in [5, 5.41) is 2.79. The van der Waals surface area contributed by atoms with Gasteiger partial charge in [-0.3, -0.25) is 13.9 Å². The number of anilines is 1. The maximum absolute atomic E-state index is 12.3. The number of aryl methyl sites for hydroxylation is 1. The Morgan fingerprint density at radius 3 is 2.19 bits per heavy atom. The number of carbonyl (C=O) groups excluding carboxylic acids is 2. The van der Waals surface area contributed by atoms with Crippen molar-refractivity contribution in [2.24, 2.45) is 0 Å². The van der Waals surface area contributed by atoms with E-state index >= 15 is 0 Å². The highest BCUT2D eigenvalue weighted by atomic mass is 32.2. The molecule has 2 rings (SSSR count). The van der Waals surface area contributed by atoms with E-state index in [1.807, 2.05) is 0 Å². The zero-order valence-corrected chi connectivity index (χ0v) is 20.6. The number of hydrogen-bond donors (Lipinski definition) is 1. The summed E-state index contributed by atoms with van der Waals surface area (Å²) in [6, 6.07) is 14.6. The molecule has 2 aromatic carbocycles. The van der Waals surface area contributed by atoms with Gasteiger partial charge in [-0.1, -0.05) is 29.8 Å². The van der Waals surface area contributed by atoms with Gasteiger partial charge in [-0.2, -0.15) is 11.8 Å². The number of amides is 2. The first-order chi connectivity index (χ1) is 15.1. The molecule has 0 aliphatic carbocycles. The molecule has 0 spiro atoms. The van der Waals surface area contributed by atoms with Crippen LogP contribution in [0.3, 0.4) is 0 Å².